The molecule has 1 saturated heterocycles. The molecule has 1 fully saturated rings. The van der Waals surface area contributed by atoms with E-state index >= 15 is 0 Å². The minimum absolute atomic E-state index is 0.174. The van der Waals surface area contributed by atoms with Crippen molar-refractivity contribution in [2.24, 2.45) is 5.92 Å². The lowest BCUT2D eigenvalue weighted by atomic mass is 10.0. The van der Waals surface area contributed by atoms with Crippen molar-refractivity contribution in [3.8, 4) is 0 Å². The third-order valence-corrected chi connectivity index (χ3v) is 3.86. The van der Waals surface area contributed by atoms with Gasteiger partial charge >= 0.3 is 0 Å². The van der Waals surface area contributed by atoms with Gasteiger partial charge in [0.15, 0.2) is 0 Å². The minimum Gasteiger partial charge on any atom is -0.368 e. The molecule has 0 saturated carbocycles. The summed E-state index contributed by atoms with van der Waals surface area (Å²) < 4.78 is 0. The third kappa shape index (κ3) is 3.49. The normalized spacial score (nSPS) is 17.4. The van der Waals surface area contributed by atoms with Crippen molar-refractivity contribution in [3.05, 3.63) is 30.3 Å². The number of para-hydroxylation sites is 1. The summed E-state index contributed by atoms with van der Waals surface area (Å²) in [5, 5.41) is 0. The fraction of sp³-hybridized carbons (Fsp3) is 0.562. The van der Waals surface area contributed by atoms with Crippen LogP contribution in [0.25, 0.3) is 0 Å². The predicted octanol–water partition coefficient (Wildman–Crippen LogP) is 2.77. The maximum atomic E-state index is 12.2. The van der Waals surface area contributed by atoms with Crippen LogP contribution < -0.4 is 4.90 Å². The average molecular weight is 260 g/mol. The van der Waals surface area contributed by atoms with E-state index in [1.54, 1.807) is 0 Å². The van der Waals surface area contributed by atoms with Gasteiger partial charge in [-0.2, -0.15) is 0 Å². The van der Waals surface area contributed by atoms with Gasteiger partial charge in [-0.05, 0) is 18.6 Å². The van der Waals surface area contributed by atoms with Gasteiger partial charge in [-0.15, -0.1) is 0 Å². The van der Waals surface area contributed by atoms with Crippen molar-refractivity contribution in [3.63, 3.8) is 0 Å². The number of carbonyl (C=O) groups is 1. The summed E-state index contributed by atoms with van der Waals surface area (Å²) in [4.78, 5) is 16.6. The Morgan fingerprint density at radius 1 is 1.16 bits per heavy atom. The predicted molar refractivity (Wildman–Crippen MR) is 79.3 cm³/mol. The first-order valence-corrected chi connectivity index (χ1v) is 7.31. The molecule has 0 unspecified atom stereocenters. The molecule has 0 radical (unpaired) electrons. The van der Waals surface area contributed by atoms with Crippen LogP contribution in [0.1, 0.15) is 26.7 Å². The molecule has 0 spiro atoms. The quantitative estimate of drug-likeness (QED) is 0.831. The summed E-state index contributed by atoms with van der Waals surface area (Å²) in [6.45, 7) is 7.76. The first-order chi connectivity index (χ1) is 9.22. The standard InChI is InChI=1S/C16H24N2O/c1-3-7-14(2)16(19)18-12-10-17(11-13-18)15-8-5-4-6-9-15/h4-6,8-9,14H,3,7,10-13H2,1-2H3/t14-/m0/s1. The maximum absolute atomic E-state index is 12.2. The molecule has 1 amide bonds. The molecule has 2 rings (SSSR count). The zero-order valence-corrected chi connectivity index (χ0v) is 12.0. The highest BCUT2D eigenvalue weighted by atomic mass is 16.2. The molecule has 0 aliphatic carbocycles. The molecule has 1 aromatic rings. The number of nitrogens with zero attached hydrogens (tertiary/aromatic N) is 2. The maximum Gasteiger partial charge on any atom is 0.225 e. The number of piperazine rings is 1. The molecule has 0 N–H and O–H groups in total. The monoisotopic (exact) mass is 260 g/mol. The summed E-state index contributed by atoms with van der Waals surface area (Å²) in [6, 6.07) is 10.4. The van der Waals surface area contributed by atoms with Crippen LogP contribution in [-0.2, 0) is 4.79 Å². The van der Waals surface area contributed by atoms with E-state index in [1.165, 1.54) is 5.69 Å². The fourth-order valence-electron chi connectivity index (χ4n) is 2.69. The molecule has 3 nitrogen and oxygen atoms in total. The van der Waals surface area contributed by atoms with Crippen molar-refractivity contribution < 1.29 is 4.79 Å². The number of rotatable bonds is 4. The number of benzene rings is 1. The Labute approximate surface area is 116 Å². The topological polar surface area (TPSA) is 23.6 Å². The zero-order valence-electron chi connectivity index (χ0n) is 12.0. The van der Waals surface area contributed by atoms with Gasteiger partial charge in [-0.3, -0.25) is 4.79 Å². The Morgan fingerprint density at radius 3 is 2.37 bits per heavy atom. The van der Waals surface area contributed by atoms with Gasteiger partial charge in [0, 0.05) is 37.8 Å². The smallest absolute Gasteiger partial charge is 0.225 e. The summed E-state index contributed by atoms with van der Waals surface area (Å²) in [5.74, 6) is 0.503. The van der Waals surface area contributed by atoms with E-state index in [4.69, 9.17) is 0 Å². The van der Waals surface area contributed by atoms with Crippen LogP contribution >= 0.6 is 0 Å². The Kier molecular flexibility index (Phi) is 4.83. The largest absolute Gasteiger partial charge is 0.368 e. The molecular formula is C16H24N2O. The summed E-state index contributed by atoms with van der Waals surface area (Å²) >= 11 is 0. The van der Waals surface area contributed by atoms with E-state index in [1.807, 2.05) is 11.0 Å². The second kappa shape index (κ2) is 6.60. The highest BCUT2D eigenvalue weighted by Crippen LogP contribution is 2.17. The number of amides is 1. The van der Waals surface area contributed by atoms with E-state index in [2.05, 4.69) is 43.0 Å². The Bertz CT molecular complexity index is 396. The van der Waals surface area contributed by atoms with Gasteiger partial charge in [-0.25, -0.2) is 0 Å². The van der Waals surface area contributed by atoms with Crippen LogP contribution in [0.4, 0.5) is 5.69 Å². The van der Waals surface area contributed by atoms with Crippen LogP contribution in [0.5, 0.6) is 0 Å². The van der Waals surface area contributed by atoms with Crippen molar-refractivity contribution in [2.45, 2.75) is 26.7 Å². The molecule has 1 aliphatic heterocycles. The number of anilines is 1. The van der Waals surface area contributed by atoms with Gasteiger partial charge in [0.2, 0.25) is 5.91 Å². The number of hydrogen-bond acceptors (Lipinski definition) is 2. The van der Waals surface area contributed by atoms with E-state index < -0.39 is 0 Å². The molecule has 3 heteroatoms. The Balaban J connectivity index is 1.87. The molecule has 19 heavy (non-hydrogen) atoms. The zero-order chi connectivity index (χ0) is 13.7. The van der Waals surface area contributed by atoms with E-state index in [-0.39, 0.29) is 5.92 Å². The van der Waals surface area contributed by atoms with Gasteiger partial charge in [-0.1, -0.05) is 38.5 Å². The Morgan fingerprint density at radius 2 is 1.79 bits per heavy atom. The van der Waals surface area contributed by atoms with Gasteiger partial charge in [0.25, 0.3) is 0 Å². The minimum atomic E-state index is 0.174. The second-order valence-electron chi connectivity index (χ2n) is 5.34. The van der Waals surface area contributed by atoms with Crippen LogP contribution in [0.15, 0.2) is 30.3 Å². The van der Waals surface area contributed by atoms with Gasteiger partial charge in [0.05, 0.1) is 0 Å². The lowest BCUT2D eigenvalue weighted by Crippen LogP contribution is -2.50. The van der Waals surface area contributed by atoms with Crippen LogP contribution in [0.2, 0.25) is 0 Å². The molecule has 1 aliphatic rings. The summed E-state index contributed by atoms with van der Waals surface area (Å²) in [6.07, 6.45) is 2.08. The van der Waals surface area contributed by atoms with Crippen LogP contribution in [0.3, 0.4) is 0 Å². The lowest BCUT2D eigenvalue weighted by Gasteiger charge is -2.37. The SMILES string of the molecule is CCC[C@H](C)C(=O)N1CCN(c2ccccc2)CC1. The first-order valence-electron chi connectivity index (χ1n) is 7.31. The van der Waals surface area contributed by atoms with Crippen molar-refractivity contribution in [2.75, 3.05) is 31.1 Å². The molecule has 1 aromatic carbocycles. The summed E-state index contributed by atoms with van der Waals surface area (Å²) in [7, 11) is 0. The number of carbonyl (C=O) groups excluding carboxylic acids is 1. The van der Waals surface area contributed by atoms with Crippen LogP contribution in [0, 0.1) is 5.92 Å². The molecular weight excluding hydrogens is 236 g/mol. The highest BCUT2D eigenvalue weighted by molar-refractivity contribution is 5.78. The fourth-order valence-corrected chi connectivity index (χ4v) is 2.69. The van der Waals surface area contributed by atoms with E-state index in [0.29, 0.717) is 5.91 Å². The Hall–Kier alpha value is -1.51. The summed E-state index contributed by atoms with van der Waals surface area (Å²) in [5.41, 5.74) is 1.26. The van der Waals surface area contributed by atoms with Gasteiger partial charge < -0.3 is 9.80 Å². The van der Waals surface area contributed by atoms with Crippen molar-refractivity contribution in [1.82, 2.24) is 4.90 Å². The molecule has 0 aromatic heterocycles. The average Bonchev–Trinajstić information content (AvgIpc) is 2.48. The lowest BCUT2D eigenvalue weighted by molar-refractivity contribution is -0.135. The molecule has 0 bridgehead atoms. The van der Waals surface area contributed by atoms with Crippen LogP contribution in [-0.4, -0.2) is 37.0 Å². The number of hydrogen-bond donors (Lipinski definition) is 0. The molecule has 1 heterocycles. The highest BCUT2D eigenvalue weighted by Gasteiger charge is 2.24. The first kappa shape index (κ1) is 13.9. The van der Waals surface area contributed by atoms with E-state index in [9.17, 15) is 4.79 Å². The van der Waals surface area contributed by atoms with Crippen molar-refractivity contribution in [1.29, 1.82) is 0 Å². The van der Waals surface area contributed by atoms with E-state index in [0.717, 1.165) is 39.0 Å². The third-order valence-electron chi connectivity index (χ3n) is 3.86. The molecule has 1 atom stereocenters. The van der Waals surface area contributed by atoms with Gasteiger partial charge in [0.1, 0.15) is 0 Å². The second-order valence-corrected chi connectivity index (χ2v) is 5.34. The molecule has 104 valence electrons. The van der Waals surface area contributed by atoms with Crippen molar-refractivity contribution >= 4 is 11.6 Å².